The Balaban J connectivity index is 2.53. The van der Waals surface area contributed by atoms with Crippen LogP contribution < -0.4 is 10.2 Å². The Morgan fingerprint density at radius 2 is 2.33 bits per heavy atom. The summed E-state index contributed by atoms with van der Waals surface area (Å²) in [6, 6.07) is 0. The fourth-order valence-electron chi connectivity index (χ4n) is 0.828. The fourth-order valence-corrected chi connectivity index (χ4v) is 0.965. The molecular formula is C6H13N5S. The quantitative estimate of drug-likeness (QED) is 0.586. The molecule has 1 aromatic rings. The number of H-pyrrole nitrogens is 2. The third-order valence-corrected chi connectivity index (χ3v) is 1.74. The van der Waals surface area contributed by atoms with Crippen molar-refractivity contribution in [1.29, 1.82) is 0 Å². The summed E-state index contributed by atoms with van der Waals surface area (Å²) in [4.78, 5) is 6.05. The van der Waals surface area contributed by atoms with Gasteiger partial charge in [0.25, 0.3) is 0 Å². The summed E-state index contributed by atoms with van der Waals surface area (Å²) in [6.07, 6.45) is 0. The molecule has 6 heteroatoms. The molecule has 0 radical (unpaired) electrons. The molecule has 0 aromatic carbocycles. The van der Waals surface area contributed by atoms with E-state index in [0.29, 0.717) is 4.77 Å². The maximum atomic E-state index is 4.82. The molecule has 0 aliphatic carbocycles. The van der Waals surface area contributed by atoms with Crippen LogP contribution in [0.15, 0.2) is 0 Å². The van der Waals surface area contributed by atoms with Gasteiger partial charge in [0.05, 0.1) is 0 Å². The average molecular weight is 187 g/mol. The summed E-state index contributed by atoms with van der Waals surface area (Å²) < 4.78 is 0.487. The molecule has 0 amide bonds. The van der Waals surface area contributed by atoms with Crippen molar-refractivity contribution in [3.05, 3.63) is 4.77 Å². The number of aromatic nitrogens is 3. The minimum Gasteiger partial charge on any atom is -0.343 e. The van der Waals surface area contributed by atoms with Crippen LogP contribution >= 0.6 is 12.2 Å². The van der Waals surface area contributed by atoms with Crippen molar-refractivity contribution in [2.24, 2.45) is 0 Å². The van der Waals surface area contributed by atoms with Gasteiger partial charge < -0.3 is 10.2 Å². The maximum absolute atomic E-state index is 4.82. The summed E-state index contributed by atoms with van der Waals surface area (Å²) in [7, 11) is 3.87. The number of aromatic amines is 2. The van der Waals surface area contributed by atoms with E-state index in [4.69, 9.17) is 12.2 Å². The van der Waals surface area contributed by atoms with Gasteiger partial charge in [0.2, 0.25) is 10.7 Å². The van der Waals surface area contributed by atoms with Gasteiger partial charge in [-0.2, -0.15) is 4.98 Å². The van der Waals surface area contributed by atoms with Crippen LogP contribution in [0.1, 0.15) is 0 Å². The van der Waals surface area contributed by atoms with Crippen molar-refractivity contribution in [3.8, 4) is 0 Å². The zero-order valence-electron chi connectivity index (χ0n) is 7.22. The van der Waals surface area contributed by atoms with Crippen molar-refractivity contribution < 1.29 is 0 Å². The molecule has 0 spiro atoms. The number of rotatable bonds is 4. The summed E-state index contributed by atoms with van der Waals surface area (Å²) in [6.45, 7) is 1.82. The van der Waals surface area contributed by atoms with Crippen LogP contribution in [-0.4, -0.2) is 42.4 Å². The van der Waals surface area contributed by atoms with Gasteiger partial charge in [0, 0.05) is 20.1 Å². The van der Waals surface area contributed by atoms with Gasteiger partial charge in [0.15, 0.2) is 0 Å². The van der Waals surface area contributed by atoms with E-state index in [1.54, 1.807) is 0 Å². The minimum atomic E-state index is 0.487. The first-order valence-electron chi connectivity index (χ1n) is 3.74. The number of likely N-dealkylation sites (N-methyl/N-ethyl adjacent to an activating group) is 2. The molecular weight excluding hydrogens is 174 g/mol. The lowest BCUT2D eigenvalue weighted by molar-refractivity contribution is 0.754. The smallest absolute Gasteiger partial charge is 0.220 e. The normalized spacial score (nSPS) is 10.2. The zero-order chi connectivity index (χ0) is 8.97. The van der Waals surface area contributed by atoms with Gasteiger partial charge in [-0.3, -0.25) is 10.2 Å². The lowest BCUT2D eigenvalue weighted by Crippen LogP contribution is -2.27. The van der Waals surface area contributed by atoms with Crippen LogP contribution in [0, 0.1) is 4.77 Å². The van der Waals surface area contributed by atoms with Crippen molar-refractivity contribution in [1.82, 2.24) is 20.5 Å². The number of hydrogen-bond donors (Lipinski definition) is 3. The van der Waals surface area contributed by atoms with Crippen LogP contribution in [0.3, 0.4) is 0 Å². The highest BCUT2D eigenvalue weighted by atomic mass is 32.1. The van der Waals surface area contributed by atoms with E-state index in [1.165, 1.54) is 0 Å². The highest BCUT2D eigenvalue weighted by Gasteiger charge is 2.01. The third-order valence-electron chi connectivity index (χ3n) is 1.55. The molecule has 0 aliphatic heterocycles. The highest BCUT2D eigenvalue weighted by molar-refractivity contribution is 7.71. The third kappa shape index (κ3) is 2.31. The molecule has 68 valence electrons. The summed E-state index contributed by atoms with van der Waals surface area (Å²) in [5.41, 5.74) is 0. The molecule has 12 heavy (non-hydrogen) atoms. The van der Waals surface area contributed by atoms with Crippen LogP contribution in [0.2, 0.25) is 0 Å². The van der Waals surface area contributed by atoms with E-state index in [0.717, 1.165) is 19.0 Å². The Bertz CT molecular complexity index is 277. The number of nitrogens with one attached hydrogen (secondary N) is 3. The van der Waals surface area contributed by atoms with Gasteiger partial charge in [-0.1, -0.05) is 0 Å². The summed E-state index contributed by atoms with van der Waals surface area (Å²) >= 11 is 4.82. The molecule has 0 atom stereocenters. The second-order valence-corrected chi connectivity index (χ2v) is 2.90. The van der Waals surface area contributed by atoms with Gasteiger partial charge in [-0.05, 0) is 19.3 Å². The topological polar surface area (TPSA) is 59.7 Å². The second-order valence-electron chi connectivity index (χ2n) is 2.52. The van der Waals surface area contributed by atoms with Crippen molar-refractivity contribution in [2.75, 3.05) is 32.1 Å². The van der Waals surface area contributed by atoms with Gasteiger partial charge in [-0.15, -0.1) is 0 Å². The first-order valence-corrected chi connectivity index (χ1v) is 4.15. The van der Waals surface area contributed by atoms with Crippen LogP contribution in [0.5, 0.6) is 0 Å². The summed E-state index contributed by atoms with van der Waals surface area (Å²) in [5.74, 6) is 0.773. The number of anilines is 1. The Hall–Kier alpha value is -0.880. The number of nitrogens with zero attached hydrogens (tertiary/aromatic N) is 2. The Labute approximate surface area is 76.2 Å². The van der Waals surface area contributed by atoms with E-state index < -0.39 is 0 Å². The minimum absolute atomic E-state index is 0.487. The molecule has 0 aliphatic rings. The van der Waals surface area contributed by atoms with Crippen LogP contribution in [0.4, 0.5) is 5.95 Å². The van der Waals surface area contributed by atoms with Gasteiger partial charge in [-0.25, -0.2) is 0 Å². The van der Waals surface area contributed by atoms with E-state index in [9.17, 15) is 0 Å². The van der Waals surface area contributed by atoms with E-state index in [2.05, 4.69) is 20.5 Å². The highest BCUT2D eigenvalue weighted by Crippen LogP contribution is 2.00. The molecule has 5 nitrogen and oxygen atoms in total. The van der Waals surface area contributed by atoms with Crippen LogP contribution in [0.25, 0.3) is 0 Å². The largest absolute Gasteiger partial charge is 0.343 e. The van der Waals surface area contributed by atoms with E-state index in [1.807, 2.05) is 19.0 Å². The molecule has 3 N–H and O–H groups in total. The molecule has 0 saturated carbocycles. The summed E-state index contributed by atoms with van der Waals surface area (Å²) in [5, 5.41) is 8.67. The molecule has 1 heterocycles. The number of hydrogen-bond acceptors (Lipinski definition) is 4. The van der Waals surface area contributed by atoms with E-state index in [-0.39, 0.29) is 0 Å². The standard InChI is InChI=1S/C6H13N5S/c1-7-3-4-11(2)5-8-6(12)10-9-5/h7H,3-4H2,1-2H3,(H2,8,9,10,12). The Morgan fingerprint density at radius 1 is 1.58 bits per heavy atom. The lowest BCUT2D eigenvalue weighted by Gasteiger charge is -2.14. The van der Waals surface area contributed by atoms with Crippen molar-refractivity contribution >= 4 is 18.2 Å². The predicted octanol–water partition coefficient (Wildman–Crippen LogP) is 0.123. The average Bonchev–Trinajstić information content (AvgIpc) is 2.47. The predicted molar refractivity (Wildman–Crippen MR) is 51.0 cm³/mol. The monoisotopic (exact) mass is 187 g/mol. The molecule has 1 rings (SSSR count). The Morgan fingerprint density at radius 3 is 2.83 bits per heavy atom. The van der Waals surface area contributed by atoms with Crippen molar-refractivity contribution in [2.45, 2.75) is 0 Å². The van der Waals surface area contributed by atoms with Crippen LogP contribution in [-0.2, 0) is 0 Å². The Kier molecular flexibility index (Phi) is 3.24. The first-order chi connectivity index (χ1) is 5.74. The maximum Gasteiger partial charge on any atom is 0.220 e. The van der Waals surface area contributed by atoms with Gasteiger partial charge in [0.1, 0.15) is 0 Å². The molecule has 0 saturated heterocycles. The molecule has 0 unspecified atom stereocenters. The van der Waals surface area contributed by atoms with Crippen molar-refractivity contribution in [3.63, 3.8) is 0 Å². The zero-order valence-corrected chi connectivity index (χ0v) is 8.03. The SMILES string of the molecule is CNCCN(C)c1nc(=S)[nH][nH]1. The first kappa shape index (κ1) is 9.21. The van der Waals surface area contributed by atoms with E-state index >= 15 is 0 Å². The molecule has 1 aromatic heterocycles. The lowest BCUT2D eigenvalue weighted by atomic mass is 10.6. The molecule has 0 bridgehead atoms. The van der Waals surface area contributed by atoms with Gasteiger partial charge >= 0.3 is 0 Å². The molecule has 0 fully saturated rings. The second kappa shape index (κ2) is 4.22. The fraction of sp³-hybridized carbons (Fsp3) is 0.667.